The number of aromatic nitrogens is 4. The molecule has 0 aliphatic carbocycles. The van der Waals surface area contributed by atoms with E-state index in [0.717, 1.165) is 0 Å². The van der Waals surface area contributed by atoms with Gasteiger partial charge in [-0.05, 0) is 32.0 Å². The van der Waals surface area contributed by atoms with Gasteiger partial charge in [0.1, 0.15) is 12.4 Å². The summed E-state index contributed by atoms with van der Waals surface area (Å²) in [4.78, 5) is 0. The largest absolute Gasteiger partial charge is 0.475 e. The molecule has 26 heavy (non-hydrogen) atoms. The maximum atomic E-state index is 13.4. The number of ether oxygens (including phenoxy) is 1. The van der Waals surface area contributed by atoms with Crippen LogP contribution in [0.4, 0.5) is 4.39 Å². The molecule has 0 spiro atoms. The minimum Gasteiger partial charge on any atom is -0.475 e. The molecule has 1 N–H and O–H groups in total. The van der Waals surface area contributed by atoms with Crippen LogP contribution in [0, 0.1) is 5.82 Å². The van der Waals surface area contributed by atoms with Gasteiger partial charge in [0.25, 0.3) is 0 Å². The van der Waals surface area contributed by atoms with Gasteiger partial charge in [0.05, 0.1) is 5.25 Å². The SMILES string of the molecule is CC(C)S(=O)(=O)NCCOc1ccc2nnc(-c3cccc(F)c3)n2n1. The highest BCUT2D eigenvalue weighted by Crippen LogP contribution is 2.19. The first-order chi connectivity index (χ1) is 12.4. The van der Waals surface area contributed by atoms with Crippen LogP contribution in [0.2, 0.25) is 0 Å². The summed E-state index contributed by atoms with van der Waals surface area (Å²) in [6, 6.07) is 9.23. The molecule has 0 bridgehead atoms. The lowest BCUT2D eigenvalue weighted by molar-refractivity contribution is 0.305. The zero-order chi connectivity index (χ0) is 18.7. The molecule has 0 fully saturated rings. The van der Waals surface area contributed by atoms with Crippen LogP contribution >= 0.6 is 0 Å². The highest BCUT2D eigenvalue weighted by molar-refractivity contribution is 7.90. The fraction of sp³-hybridized carbons (Fsp3) is 0.312. The number of fused-ring (bicyclic) bond motifs is 1. The second kappa shape index (κ2) is 7.34. The van der Waals surface area contributed by atoms with Crippen molar-refractivity contribution >= 4 is 15.7 Å². The smallest absolute Gasteiger partial charge is 0.231 e. The van der Waals surface area contributed by atoms with Crippen LogP contribution < -0.4 is 9.46 Å². The van der Waals surface area contributed by atoms with Crippen LogP contribution in [0.3, 0.4) is 0 Å². The minimum atomic E-state index is -3.34. The summed E-state index contributed by atoms with van der Waals surface area (Å²) in [5, 5.41) is 11.8. The molecule has 2 aromatic heterocycles. The van der Waals surface area contributed by atoms with Crippen molar-refractivity contribution < 1.29 is 17.5 Å². The number of sulfonamides is 1. The van der Waals surface area contributed by atoms with E-state index in [-0.39, 0.29) is 24.8 Å². The third-order valence-corrected chi connectivity index (χ3v) is 5.44. The Labute approximate surface area is 150 Å². The Morgan fingerprint density at radius 3 is 2.77 bits per heavy atom. The first-order valence-corrected chi connectivity index (χ1v) is 9.51. The Bertz CT molecular complexity index is 1020. The number of rotatable bonds is 7. The van der Waals surface area contributed by atoms with Crippen LogP contribution in [0.5, 0.6) is 5.88 Å². The van der Waals surface area contributed by atoms with E-state index in [1.807, 2.05) is 0 Å². The van der Waals surface area contributed by atoms with Gasteiger partial charge in [0, 0.05) is 18.2 Å². The van der Waals surface area contributed by atoms with Gasteiger partial charge in [-0.3, -0.25) is 0 Å². The van der Waals surface area contributed by atoms with Crippen molar-refractivity contribution in [1.29, 1.82) is 0 Å². The van der Waals surface area contributed by atoms with Crippen LogP contribution in [0.1, 0.15) is 13.8 Å². The van der Waals surface area contributed by atoms with Gasteiger partial charge in [0.2, 0.25) is 15.9 Å². The molecule has 0 amide bonds. The number of hydrogen-bond donors (Lipinski definition) is 1. The van der Waals surface area contributed by atoms with Gasteiger partial charge < -0.3 is 4.74 Å². The fourth-order valence-electron chi connectivity index (χ4n) is 2.16. The van der Waals surface area contributed by atoms with E-state index in [9.17, 15) is 12.8 Å². The summed E-state index contributed by atoms with van der Waals surface area (Å²) in [5.74, 6) is 0.272. The number of nitrogens with zero attached hydrogens (tertiary/aromatic N) is 4. The average molecular weight is 379 g/mol. The summed E-state index contributed by atoms with van der Waals surface area (Å²) >= 11 is 0. The molecule has 2 heterocycles. The number of benzene rings is 1. The molecule has 0 saturated heterocycles. The third kappa shape index (κ3) is 3.97. The summed E-state index contributed by atoms with van der Waals surface area (Å²) in [6.07, 6.45) is 0. The summed E-state index contributed by atoms with van der Waals surface area (Å²) in [5.41, 5.74) is 1.02. The van der Waals surface area contributed by atoms with Crippen molar-refractivity contribution in [2.75, 3.05) is 13.2 Å². The van der Waals surface area contributed by atoms with Crippen LogP contribution in [-0.2, 0) is 10.0 Å². The first-order valence-electron chi connectivity index (χ1n) is 7.96. The van der Waals surface area contributed by atoms with E-state index in [1.165, 1.54) is 16.6 Å². The van der Waals surface area contributed by atoms with Crippen molar-refractivity contribution in [2.24, 2.45) is 0 Å². The van der Waals surface area contributed by atoms with Gasteiger partial charge in [-0.2, -0.15) is 4.52 Å². The molecule has 10 heteroatoms. The van der Waals surface area contributed by atoms with E-state index in [2.05, 4.69) is 20.0 Å². The highest BCUT2D eigenvalue weighted by Gasteiger charge is 2.15. The molecule has 3 rings (SSSR count). The lowest BCUT2D eigenvalue weighted by Gasteiger charge is -2.10. The molecular weight excluding hydrogens is 361 g/mol. The second-order valence-corrected chi connectivity index (χ2v) is 8.13. The standard InChI is InChI=1S/C16H18FN5O3S/c1-11(2)26(23,24)18-8-9-25-15-7-6-14-19-20-16(22(14)21-15)12-4-3-5-13(17)10-12/h3-7,10-11,18H,8-9H2,1-2H3. The van der Waals surface area contributed by atoms with E-state index in [0.29, 0.717) is 17.0 Å². The third-order valence-electron chi connectivity index (χ3n) is 3.60. The van der Waals surface area contributed by atoms with E-state index in [4.69, 9.17) is 4.74 Å². The average Bonchev–Trinajstić information content (AvgIpc) is 3.02. The summed E-state index contributed by atoms with van der Waals surface area (Å²) in [6.45, 7) is 3.43. The molecule has 0 aliphatic rings. The Hall–Kier alpha value is -2.59. The predicted octanol–water partition coefficient (Wildman–Crippen LogP) is 1.64. The molecule has 138 valence electrons. The van der Waals surface area contributed by atoms with Crippen LogP contribution in [0.25, 0.3) is 17.0 Å². The lowest BCUT2D eigenvalue weighted by atomic mass is 10.2. The van der Waals surface area contributed by atoms with Gasteiger partial charge in [-0.25, -0.2) is 17.5 Å². The molecule has 8 nitrogen and oxygen atoms in total. The maximum Gasteiger partial charge on any atom is 0.231 e. The number of nitrogens with one attached hydrogen (secondary N) is 1. The monoisotopic (exact) mass is 379 g/mol. The second-order valence-electron chi connectivity index (χ2n) is 5.81. The molecular formula is C16H18FN5O3S. The minimum absolute atomic E-state index is 0.113. The Morgan fingerprint density at radius 2 is 2.04 bits per heavy atom. The quantitative estimate of drug-likeness (QED) is 0.627. The zero-order valence-electron chi connectivity index (χ0n) is 14.3. The van der Waals surface area contributed by atoms with E-state index >= 15 is 0 Å². The van der Waals surface area contributed by atoms with Gasteiger partial charge >= 0.3 is 0 Å². The summed E-state index contributed by atoms with van der Waals surface area (Å²) < 4.78 is 46.2. The van der Waals surface area contributed by atoms with E-state index < -0.39 is 15.3 Å². The first kappa shape index (κ1) is 18.2. The van der Waals surface area contributed by atoms with E-state index in [1.54, 1.807) is 38.1 Å². The van der Waals surface area contributed by atoms with Crippen molar-refractivity contribution in [3.63, 3.8) is 0 Å². The van der Waals surface area contributed by atoms with Gasteiger partial charge in [-0.15, -0.1) is 15.3 Å². The molecule has 0 radical (unpaired) electrons. The summed E-state index contributed by atoms with van der Waals surface area (Å²) in [7, 11) is -3.34. The normalized spacial score (nSPS) is 12.0. The topological polar surface area (TPSA) is 98.5 Å². The van der Waals surface area contributed by atoms with Gasteiger partial charge in [-0.1, -0.05) is 12.1 Å². The lowest BCUT2D eigenvalue weighted by Crippen LogP contribution is -2.33. The molecule has 1 aromatic carbocycles. The highest BCUT2D eigenvalue weighted by atomic mass is 32.2. The fourth-order valence-corrected chi connectivity index (χ4v) is 2.86. The Kier molecular flexibility index (Phi) is 5.14. The Balaban J connectivity index is 1.74. The molecule has 3 aromatic rings. The maximum absolute atomic E-state index is 13.4. The van der Waals surface area contributed by atoms with Gasteiger partial charge in [0.15, 0.2) is 11.5 Å². The van der Waals surface area contributed by atoms with Crippen LogP contribution in [0.15, 0.2) is 36.4 Å². The molecule has 0 unspecified atom stereocenters. The van der Waals surface area contributed by atoms with Crippen molar-refractivity contribution in [3.8, 4) is 17.3 Å². The van der Waals surface area contributed by atoms with Crippen LogP contribution in [-0.4, -0.2) is 46.6 Å². The zero-order valence-corrected chi connectivity index (χ0v) is 15.1. The Morgan fingerprint density at radius 1 is 1.23 bits per heavy atom. The number of halogens is 1. The molecule has 0 saturated carbocycles. The van der Waals surface area contributed by atoms with Crippen molar-refractivity contribution in [1.82, 2.24) is 24.5 Å². The predicted molar refractivity (Wildman–Crippen MR) is 93.7 cm³/mol. The number of hydrogen-bond acceptors (Lipinski definition) is 6. The molecule has 0 aliphatic heterocycles. The molecule has 0 atom stereocenters. The van der Waals surface area contributed by atoms with Crippen molar-refractivity contribution in [3.05, 3.63) is 42.2 Å². The van der Waals surface area contributed by atoms with Crippen molar-refractivity contribution in [2.45, 2.75) is 19.1 Å².